The van der Waals surface area contributed by atoms with Crippen molar-refractivity contribution in [3.8, 4) is 0 Å². The molecule has 0 bridgehead atoms. The molecule has 1 rings (SSSR count). The second-order valence-electron chi connectivity index (χ2n) is 2.48. The van der Waals surface area contributed by atoms with Crippen LogP contribution in [0.1, 0.15) is 19.8 Å². The van der Waals surface area contributed by atoms with E-state index in [0.29, 0.717) is 6.42 Å². The lowest BCUT2D eigenvalue weighted by atomic mass is 10.00. The highest BCUT2D eigenvalue weighted by atomic mass is 16.2. The van der Waals surface area contributed by atoms with Crippen molar-refractivity contribution in [3.63, 3.8) is 0 Å². The van der Waals surface area contributed by atoms with Gasteiger partial charge in [-0.1, -0.05) is 13.3 Å². The molecule has 0 spiro atoms. The third kappa shape index (κ3) is 1.15. The summed E-state index contributed by atoms with van der Waals surface area (Å²) in [5.41, 5.74) is 0. The topological polar surface area (TPSA) is 34.1 Å². The lowest BCUT2D eigenvalue weighted by molar-refractivity contribution is -0.125. The predicted octanol–water partition coefficient (Wildman–Crippen LogP) is 1.11. The van der Waals surface area contributed by atoms with Crippen LogP contribution in [0.5, 0.6) is 0 Å². The molecule has 0 aliphatic heterocycles. The third-order valence-corrected chi connectivity index (χ3v) is 1.68. The van der Waals surface area contributed by atoms with Gasteiger partial charge < -0.3 is 0 Å². The van der Waals surface area contributed by atoms with Gasteiger partial charge in [0.15, 0.2) is 11.6 Å². The number of hydrogen-bond donors (Lipinski definition) is 0. The maximum absolute atomic E-state index is 10.9. The van der Waals surface area contributed by atoms with Gasteiger partial charge in [0.2, 0.25) is 0 Å². The Morgan fingerprint density at radius 3 is 2.20 bits per heavy atom. The van der Waals surface area contributed by atoms with Crippen LogP contribution in [-0.2, 0) is 9.59 Å². The van der Waals surface area contributed by atoms with Crippen molar-refractivity contribution in [2.75, 3.05) is 0 Å². The summed E-state index contributed by atoms with van der Waals surface area (Å²) in [5.74, 6) is -0.385. The third-order valence-electron chi connectivity index (χ3n) is 1.68. The van der Waals surface area contributed by atoms with Gasteiger partial charge in [0, 0.05) is 0 Å². The van der Waals surface area contributed by atoms with E-state index >= 15 is 0 Å². The van der Waals surface area contributed by atoms with E-state index in [9.17, 15) is 9.59 Å². The summed E-state index contributed by atoms with van der Waals surface area (Å²) in [5, 5.41) is 0. The van der Waals surface area contributed by atoms with Crippen LogP contribution in [0.15, 0.2) is 12.2 Å². The quantitative estimate of drug-likeness (QED) is 0.535. The van der Waals surface area contributed by atoms with Gasteiger partial charge in [0.1, 0.15) is 0 Å². The Balaban J connectivity index is 2.60. The first-order valence-corrected chi connectivity index (χ1v) is 3.51. The molecule has 0 unspecified atom stereocenters. The minimum absolute atomic E-state index is 0.0214. The van der Waals surface area contributed by atoms with Crippen molar-refractivity contribution in [2.45, 2.75) is 19.8 Å². The Kier molecular flexibility index (Phi) is 2.00. The molecular formula is C8H10O2. The monoisotopic (exact) mass is 138 g/mol. The molecule has 1 aliphatic carbocycles. The molecule has 0 heterocycles. The highest BCUT2D eigenvalue weighted by Crippen LogP contribution is 2.15. The Bertz CT molecular complexity index is 173. The summed E-state index contributed by atoms with van der Waals surface area (Å²) in [6.07, 6.45) is 4.35. The fourth-order valence-electron chi connectivity index (χ4n) is 1.11. The van der Waals surface area contributed by atoms with Crippen LogP contribution in [0.25, 0.3) is 0 Å². The van der Waals surface area contributed by atoms with E-state index < -0.39 is 0 Å². The second kappa shape index (κ2) is 2.78. The fraction of sp³-hybridized carbons (Fsp3) is 0.500. The zero-order chi connectivity index (χ0) is 7.56. The highest BCUT2D eigenvalue weighted by Gasteiger charge is 2.26. The van der Waals surface area contributed by atoms with E-state index in [-0.39, 0.29) is 17.5 Å². The Morgan fingerprint density at radius 2 is 1.80 bits per heavy atom. The van der Waals surface area contributed by atoms with E-state index in [4.69, 9.17) is 0 Å². The fourth-order valence-corrected chi connectivity index (χ4v) is 1.11. The molecular weight excluding hydrogens is 128 g/mol. The lowest BCUT2D eigenvalue weighted by Crippen LogP contribution is -2.14. The number of ketones is 2. The average molecular weight is 138 g/mol. The molecule has 0 amide bonds. The van der Waals surface area contributed by atoms with Gasteiger partial charge in [-0.25, -0.2) is 0 Å². The van der Waals surface area contributed by atoms with Crippen LogP contribution in [0.3, 0.4) is 0 Å². The molecule has 0 aromatic rings. The van der Waals surface area contributed by atoms with Crippen molar-refractivity contribution in [1.82, 2.24) is 0 Å². The number of allylic oxidation sites excluding steroid dienone is 2. The van der Waals surface area contributed by atoms with Crippen LogP contribution < -0.4 is 0 Å². The van der Waals surface area contributed by atoms with E-state index in [1.165, 1.54) is 12.2 Å². The molecule has 2 nitrogen and oxygen atoms in total. The highest BCUT2D eigenvalue weighted by molar-refractivity contribution is 6.18. The van der Waals surface area contributed by atoms with Gasteiger partial charge in [0.05, 0.1) is 5.92 Å². The molecule has 2 heteroatoms. The molecule has 0 fully saturated rings. The van der Waals surface area contributed by atoms with E-state index in [2.05, 4.69) is 0 Å². The van der Waals surface area contributed by atoms with Crippen molar-refractivity contribution in [3.05, 3.63) is 12.2 Å². The average Bonchev–Trinajstić information content (AvgIpc) is 2.20. The van der Waals surface area contributed by atoms with Gasteiger partial charge >= 0.3 is 0 Å². The van der Waals surface area contributed by atoms with Crippen molar-refractivity contribution < 1.29 is 9.59 Å². The van der Waals surface area contributed by atoms with E-state index in [0.717, 1.165) is 6.42 Å². The molecule has 0 aromatic heterocycles. The SMILES string of the molecule is CCCC1C(=O)C=CC1=O. The predicted molar refractivity (Wildman–Crippen MR) is 37.6 cm³/mol. The Morgan fingerprint density at radius 1 is 1.30 bits per heavy atom. The molecule has 54 valence electrons. The van der Waals surface area contributed by atoms with Crippen LogP contribution >= 0.6 is 0 Å². The van der Waals surface area contributed by atoms with Gasteiger partial charge in [-0.15, -0.1) is 0 Å². The lowest BCUT2D eigenvalue weighted by Gasteiger charge is -2.01. The van der Waals surface area contributed by atoms with E-state index in [1.807, 2.05) is 6.92 Å². The summed E-state index contributed by atoms with van der Waals surface area (Å²) >= 11 is 0. The van der Waals surface area contributed by atoms with E-state index in [1.54, 1.807) is 0 Å². The van der Waals surface area contributed by atoms with Gasteiger partial charge in [-0.05, 0) is 18.6 Å². The first-order chi connectivity index (χ1) is 4.75. The largest absolute Gasteiger partial charge is 0.294 e. The first-order valence-electron chi connectivity index (χ1n) is 3.51. The van der Waals surface area contributed by atoms with Crippen LogP contribution in [-0.4, -0.2) is 11.6 Å². The smallest absolute Gasteiger partial charge is 0.166 e. The normalized spacial score (nSPS) is 18.9. The Labute approximate surface area is 59.9 Å². The molecule has 0 radical (unpaired) electrons. The van der Waals surface area contributed by atoms with Crippen molar-refractivity contribution >= 4 is 11.6 Å². The summed E-state index contributed by atoms with van der Waals surface area (Å²) in [7, 11) is 0. The molecule has 1 aliphatic rings. The standard InChI is InChI=1S/C8H10O2/c1-2-3-6-7(9)4-5-8(6)10/h4-6H,2-3H2,1H3. The number of carbonyl (C=O) groups is 2. The molecule has 0 atom stereocenters. The van der Waals surface area contributed by atoms with Crippen molar-refractivity contribution in [1.29, 1.82) is 0 Å². The summed E-state index contributed by atoms with van der Waals surface area (Å²) < 4.78 is 0. The van der Waals surface area contributed by atoms with Crippen LogP contribution in [0, 0.1) is 5.92 Å². The summed E-state index contributed by atoms with van der Waals surface area (Å²) in [6, 6.07) is 0. The minimum atomic E-state index is -0.343. The molecule has 0 saturated heterocycles. The maximum Gasteiger partial charge on any atom is 0.166 e. The first kappa shape index (κ1) is 7.19. The van der Waals surface area contributed by atoms with Crippen LogP contribution in [0.4, 0.5) is 0 Å². The number of hydrogen-bond acceptors (Lipinski definition) is 2. The summed E-state index contributed by atoms with van der Waals surface area (Å²) in [4.78, 5) is 21.7. The van der Waals surface area contributed by atoms with Gasteiger partial charge in [0.25, 0.3) is 0 Å². The number of carbonyl (C=O) groups excluding carboxylic acids is 2. The van der Waals surface area contributed by atoms with Crippen LogP contribution in [0.2, 0.25) is 0 Å². The van der Waals surface area contributed by atoms with Gasteiger partial charge in [-0.3, -0.25) is 9.59 Å². The number of rotatable bonds is 2. The van der Waals surface area contributed by atoms with Gasteiger partial charge in [-0.2, -0.15) is 0 Å². The molecule has 10 heavy (non-hydrogen) atoms. The minimum Gasteiger partial charge on any atom is -0.294 e. The second-order valence-corrected chi connectivity index (χ2v) is 2.48. The summed E-state index contributed by atoms with van der Waals surface area (Å²) in [6.45, 7) is 1.97. The maximum atomic E-state index is 10.9. The zero-order valence-electron chi connectivity index (χ0n) is 5.96. The zero-order valence-corrected chi connectivity index (χ0v) is 5.96. The molecule has 0 N–H and O–H groups in total. The van der Waals surface area contributed by atoms with Crippen molar-refractivity contribution in [2.24, 2.45) is 5.92 Å². The molecule has 0 aromatic carbocycles. The Hall–Kier alpha value is -0.920. The molecule has 0 saturated carbocycles.